The van der Waals surface area contributed by atoms with Crippen LogP contribution in [0.1, 0.15) is 37.7 Å². The van der Waals surface area contributed by atoms with Gasteiger partial charge in [0.1, 0.15) is 12.4 Å². The van der Waals surface area contributed by atoms with E-state index in [1.165, 1.54) is 11.8 Å². The zero-order valence-corrected chi connectivity index (χ0v) is 23.6. The summed E-state index contributed by atoms with van der Waals surface area (Å²) in [5.41, 5.74) is 1.44. The molecule has 196 valence electrons. The van der Waals surface area contributed by atoms with Gasteiger partial charge >= 0.3 is 0 Å². The second-order valence-electron chi connectivity index (χ2n) is 9.72. The average molecular weight is 599 g/mol. The van der Waals surface area contributed by atoms with Gasteiger partial charge in [-0.05, 0) is 53.6 Å². The molecule has 0 spiro atoms. The number of hydrogen-bond donors (Lipinski definition) is 0. The van der Waals surface area contributed by atoms with Crippen molar-refractivity contribution in [2.45, 2.75) is 32.8 Å². The Hall–Kier alpha value is -3.56. The van der Waals surface area contributed by atoms with Crippen molar-refractivity contribution in [2.24, 2.45) is 5.10 Å². The fourth-order valence-electron chi connectivity index (χ4n) is 4.01. The number of ether oxygens (including phenoxy) is 4. The molecule has 1 aromatic heterocycles. The Bertz CT molecular complexity index is 1630. The summed E-state index contributed by atoms with van der Waals surface area (Å²) in [6.07, 6.45) is 1.55. The lowest BCUT2D eigenvalue weighted by Gasteiger charge is -2.21. The van der Waals surface area contributed by atoms with Gasteiger partial charge in [-0.15, -0.1) is 0 Å². The molecule has 0 bridgehead atoms. The van der Waals surface area contributed by atoms with Crippen LogP contribution in [0.15, 0.2) is 62.9 Å². The Labute approximate surface area is 232 Å². The fraction of sp³-hybridized carbons (Fsp3) is 0.250. The van der Waals surface area contributed by atoms with Crippen LogP contribution in [0.3, 0.4) is 0 Å². The van der Waals surface area contributed by atoms with E-state index in [1.54, 1.807) is 24.4 Å². The number of rotatable bonds is 6. The van der Waals surface area contributed by atoms with E-state index in [0.29, 0.717) is 50.3 Å². The summed E-state index contributed by atoms with van der Waals surface area (Å²) in [5.74, 6) is 2.75. The maximum atomic E-state index is 13.4. The molecular weight excluding hydrogens is 574 g/mol. The first-order valence-electron chi connectivity index (χ1n) is 11.8. The molecule has 2 heterocycles. The molecule has 0 saturated heterocycles. The monoisotopic (exact) mass is 597 g/mol. The molecular formula is C28H25BrClN3O5. The molecule has 0 fully saturated rings. The molecule has 3 aromatic carbocycles. The quantitative estimate of drug-likeness (QED) is 0.242. The van der Waals surface area contributed by atoms with Crippen LogP contribution in [0.2, 0.25) is 5.02 Å². The third kappa shape index (κ3) is 5.21. The van der Waals surface area contributed by atoms with Crippen LogP contribution < -0.4 is 24.5 Å². The lowest BCUT2D eigenvalue weighted by atomic mass is 9.95. The first-order chi connectivity index (χ1) is 18.1. The van der Waals surface area contributed by atoms with Crippen LogP contribution in [-0.2, 0) is 12.0 Å². The van der Waals surface area contributed by atoms with Gasteiger partial charge in [0.2, 0.25) is 6.79 Å². The van der Waals surface area contributed by atoms with Gasteiger partial charge in [0.05, 0.1) is 29.2 Å². The second-order valence-corrected chi connectivity index (χ2v) is 11.0. The highest BCUT2D eigenvalue weighted by atomic mass is 79.9. The predicted octanol–water partition coefficient (Wildman–Crippen LogP) is 6.31. The summed E-state index contributed by atoms with van der Waals surface area (Å²) < 4.78 is 24.5. The van der Waals surface area contributed by atoms with Gasteiger partial charge in [-0.2, -0.15) is 9.78 Å². The second kappa shape index (κ2) is 10.3. The van der Waals surface area contributed by atoms with Crippen molar-refractivity contribution in [3.8, 4) is 23.0 Å². The molecule has 4 aromatic rings. The summed E-state index contributed by atoms with van der Waals surface area (Å²) in [6, 6.07) is 14.5. The molecule has 1 aliphatic heterocycles. The van der Waals surface area contributed by atoms with E-state index in [4.69, 9.17) is 35.5 Å². The number of halogens is 2. The molecule has 8 nitrogen and oxygen atoms in total. The Balaban J connectivity index is 1.46. The molecule has 0 saturated carbocycles. The van der Waals surface area contributed by atoms with Gasteiger partial charge < -0.3 is 18.9 Å². The van der Waals surface area contributed by atoms with Gasteiger partial charge in [0.25, 0.3) is 5.56 Å². The Morgan fingerprint density at radius 1 is 1.13 bits per heavy atom. The van der Waals surface area contributed by atoms with Gasteiger partial charge in [-0.25, -0.2) is 4.98 Å². The normalized spacial score (nSPS) is 12.9. The van der Waals surface area contributed by atoms with E-state index >= 15 is 0 Å². The molecule has 0 unspecified atom stereocenters. The molecule has 1 aliphatic rings. The molecule has 0 amide bonds. The highest BCUT2D eigenvalue weighted by Gasteiger charge is 2.23. The minimum Gasteiger partial charge on any atom is -0.493 e. The van der Waals surface area contributed by atoms with Crippen molar-refractivity contribution in [1.82, 2.24) is 9.66 Å². The lowest BCUT2D eigenvalue weighted by molar-refractivity contribution is 0.174. The van der Waals surface area contributed by atoms with E-state index in [2.05, 4.69) is 21.0 Å². The summed E-state index contributed by atoms with van der Waals surface area (Å²) in [5, 5.41) is 5.32. The van der Waals surface area contributed by atoms with Crippen molar-refractivity contribution in [3.05, 3.63) is 85.3 Å². The fourth-order valence-corrected chi connectivity index (χ4v) is 4.64. The zero-order valence-electron chi connectivity index (χ0n) is 21.2. The summed E-state index contributed by atoms with van der Waals surface area (Å²) in [7, 11) is 1.54. The molecule has 0 radical (unpaired) electrons. The molecule has 10 heteroatoms. The molecule has 0 aliphatic carbocycles. The SMILES string of the molecule is COc1cc(C=Nn2c(C(C)(C)C)nc3ccc(Br)cc3c2=O)cc(Cl)c1OCc1ccc2c(c1)OCO2. The first-order valence-corrected chi connectivity index (χ1v) is 13.0. The molecule has 38 heavy (non-hydrogen) atoms. The van der Waals surface area contributed by atoms with E-state index in [9.17, 15) is 4.79 Å². The minimum absolute atomic E-state index is 0.207. The summed E-state index contributed by atoms with van der Waals surface area (Å²) in [4.78, 5) is 18.1. The van der Waals surface area contributed by atoms with Gasteiger partial charge in [-0.3, -0.25) is 4.79 Å². The van der Waals surface area contributed by atoms with E-state index in [-0.39, 0.29) is 19.0 Å². The molecule has 5 rings (SSSR count). The summed E-state index contributed by atoms with van der Waals surface area (Å²) >= 11 is 10.0. The van der Waals surface area contributed by atoms with Crippen LogP contribution in [0, 0.1) is 0 Å². The highest BCUT2D eigenvalue weighted by molar-refractivity contribution is 9.10. The van der Waals surface area contributed by atoms with Gasteiger partial charge in [-0.1, -0.05) is 54.4 Å². The Morgan fingerprint density at radius 3 is 2.68 bits per heavy atom. The number of methoxy groups -OCH3 is 1. The number of fused-ring (bicyclic) bond motifs is 2. The van der Waals surface area contributed by atoms with E-state index in [0.717, 1.165) is 10.0 Å². The smallest absolute Gasteiger partial charge is 0.282 e. The van der Waals surface area contributed by atoms with E-state index in [1.807, 2.05) is 51.1 Å². The minimum atomic E-state index is -0.431. The van der Waals surface area contributed by atoms with Crippen molar-refractivity contribution in [3.63, 3.8) is 0 Å². The van der Waals surface area contributed by atoms with Gasteiger partial charge in [0.15, 0.2) is 23.0 Å². The zero-order chi connectivity index (χ0) is 27.0. The van der Waals surface area contributed by atoms with Crippen LogP contribution >= 0.6 is 27.5 Å². The van der Waals surface area contributed by atoms with Crippen LogP contribution in [-0.4, -0.2) is 29.8 Å². The average Bonchev–Trinajstić information content (AvgIpc) is 3.35. The third-order valence-corrected chi connectivity index (χ3v) is 6.65. The Morgan fingerprint density at radius 2 is 1.92 bits per heavy atom. The summed E-state index contributed by atoms with van der Waals surface area (Å²) in [6.45, 7) is 6.41. The number of hydrogen-bond acceptors (Lipinski definition) is 7. The highest BCUT2D eigenvalue weighted by Crippen LogP contribution is 2.38. The van der Waals surface area contributed by atoms with Crippen LogP contribution in [0.25, 0.3) is 10.9 Å². The van der Waals surface area contributed by atoms with Crippen molar-refractivity contribution < 1.29 is 18.9 Å². The van der Waals surface area contributed by atoms with Gasteiger partial charge in [0, 0.05) is 9.89 Å². The number of benzene rings is 3. The predicted molar refractivity (Wildman–Crippen MR) is 150 cm³/mol. The van der Waals surface area contributed by atoms with Crippen LogP contribution in [0.5, 0.6) is 23.0 Å². The maximum Gasteiger partial charge on any atom is 0.282 e. The first kappa shape index (κ1) is 26.1. The Kier molecular flexibility index (Phi) is 7.07. The van der Waals surface area contributed by atoms with Crippen molar-refractivity contribution in [2.75, 3.05) is 13.9 Å². The largest absolute Gasteiger partial charge is 0.493 e. The maximum absolute atomic E-state index is 13.4. The third-order valence-electron chi connectivity index (χ3n) is 5.87. The van der Waals surface area contributed by atoms with Crippen molar-refractivity contribution in [1.29, 1.82) is 0 Å². The van der Waals surface area contributed by atoms with Crippen molar-refractivity contribution >= 4 is 44.6 Å². The standard InChI is InChI=1S/C28H25BrClN3O5/c1-28(2,3)27-32-21-7-6-18(29)12-19(21)26(34)33(27)31-13-17-9-20(30)25(24(11-17)35-4)36-14-16-5-8-22-23(10-16)38-15-37-22/h5-13H,14-15H2,1-4H3. The van der Waals surface area contributed by atoms with Crippen LogP contribution in [0.4, 0.5) is 0 Å². The lowest BCUT2D eigenvalue weighted by Crippen LogP contribution is -2.29. The number of aromatic nitrogens is 2. The van der Waals surface area contributed by atoms with E-state index < -0.39 is 5.41 Å². The number of nitrogens with zero attached hydrogens (tertiary/aromatic N) is 3. The topological polar surface area (TPSA) is 84.2 Å². The molecule has 0 atom stereocenters. The molecule has 0 N–H and O–H groups in total.